The van der Waals surface area contributed by atoms with Crippen LogP contribution in [0.2, 0.25) is 0 Å². The van der Waals surface area contributed by atoms with Gasteiger partial charge in [-0.15, -0.1) is 0 Å². The predicted molar refractivity (Wildman–Crippen MR) is 81.5 cm³/mol. The van der Waals surface area contributed by atoms with Crippen LogP contribution in [0, 0.1) is 17.7 Å². The molecular formula is C16H23BrFN. The van der Waals surface area contributed by atoms with E-state index >= 15 is 0 Å². The summed E-state index contributed by atoms with van der Waals surface area (Å²) < 4.78 is 14.0. The largest absolute Gasteiger partial charge is 0.327 e. The van der Waals surface area contributed by atoms with Gasteiger partial charge in [-0.1, -0.05) is 41.8 Å². The summed E-state index contributed by atoms with van der Waals surface area (Å²) in [6.07, 6.45) is 7.16. The lowest BCUT2D eigenvalue weighted by Gasteiger charge is -2.34. The van der Waals surface area contributed by atoms with Crippen LogP contribution in [-0.4, -0.2) is 6.04 Å². The highest BCUT2D eigenvalue weighted by Crippen LogP contribution is 2.34. The van der Waals surface area contributed by atoms with Crippen molar-refractivity contribution in [3.63, 3.8) is 0 Å². The van der Waals surface area contributed by atoms with Crippen LogP contribution in [-0.2, 0) is 6.42 Å². The van der Waals surface area contributed by atoms with Gasteiger partial charge in [0.05, 0.1) is 0 Å². The summed E-state index contributed by atoms with van der Waals surface area (Å²) >= 11 is 3.46. The average Bonchev–Trinajstić information content (AvgIpc) is 2.37. The Hall–Kier alpha value is -0.410. The molecule has 3 heteroatoms. The summed E-state index contributed by atoms with van der Waals surface area (Å²) in [7, 11) is 0. The molecule has 3 unspecified atom stereocenters. The molecule has 1 aromatic carbocycles. The van der Waals surface area contributed by atoms with Crippen molar-refractivity contribution in [2.75, 3.05) is 0 Å². The van der Waals surface area contributed by atoms with Crippen LogP contribution >= 0.6 is 15.9 Å². The Labute approximate surface area is 123 Å². The van der Waals surface area contributed by atoms with E-state index in [0.29, 0.717) is 12.0 Å². The molecule has 1 aliphatic carbocycles. The van der Waals surface area contributed by atoms with Gasteiger partial charge in [0.1, 0.15) is 5.82 Å². The molecule has 106 valence electrons. The molecule has 1 saturated carbocycles. The molecule has 3 atom stereocenters. The fourth-order valence-corrected chi connectivity index (χ4v) is 3.77. The van der Waals surface area contributed by atoms with E-state index in [1.165, 1.54) is 37.3 Å². The summed E-state index contributed by atoms with van der Waals surface area (Å²) in [4.78, 5) is 0. The second-order valence-corrected chi connectivity index (χ2v) is 6.69. The average molecular weight is 328 g/mol. The zero-order chi connectivity index (χ0) is 13.8. The van der Waals surface area contributed by atoms with Gasteiger partial charge in [-0.2, -0.15) is 0 Å². The van der Waals surface area contributed by atoms with Crippen molar-refractivity contribution in [3.05, 3.63) is 34.1 Å². The van der Waals surface area contributed by atoms with Gasteiger partial charge in [0.2, 0.25) is 0 Å². The lowest BCUT2D eigenvalue weighted by Crippen LogP contribution is -2.37. The van der Waals surface area contributed by atoms with Gasteiger partial charge >= 0.3 is 0 Å². The van der Waals surface area contributed by atoms with Crippen molar-refractivity contribution in [3.8, 4) is 0 Å². The van der Waals surface area contributed by atoms with E-state index in [1.54, 1.807) is 6.07 Å². The highest BCUT2D eigenvalue weighted by atomic mass is 79.9. The number of nitrogens with two attached hydrogens (primary N) is 1. The van der Waals surface area contributed by atoms with Crippen LogP contribution < -0.4 is 5.73 Å². The molecule has 0 spiro atoms. The predicted octanol–water partition coefficient (Wildman–Crippen LogP) is 4.67. The van der Waals surface area contributed by atoms with Crippen LogP contribution in [0.5, 0.6) is 0 Å². The highest BCUT2D eigenvalue weighted by molar-refractivity contribution is 9.10. The van der Waals surface area contributed by atoms with E-state index in [0.717, 1.165) is 23.2 Å². The molecule has 0 bridgehead atoms. The Balaban J connectivity index is 2.03. The molecule has 0 radical (unpaired) electrons. The number of halogens is 2. The highest BCUT2D eigenvalue weighted by Gasteiger charge is 2.28. The Morgan fingerprint density at radius 3 is 2.84 bits per heavy atom. The minimum absolute atomic E-state index is 0.188. The Kier molecular flexibility index (Phi) is 5.40. The lowest BCUT2D eigenvalue weighted by molar-refractivity contribution is 0.221. The van der Waals surface area contributed by atoms with Crippen molar-refractivity contribution >= 4 is 15.9 Å². The van der Waals surface area contributed by atoms with Gasteiger partial charge in [-0.25, -0.2) is 4.39 Å². The minimum atomic E-state index is -0.188. The summed E-state index contributed by atoms with van der Waals surface area (Å²) in [5.74, 6) is 1.17. The standard InChI is InChI=1S/C16H23BrFN/c1-2-3-11-4-7-16(19)13(8-11)9-12-5-6-14(18)10-15(12)17/h5-6,10-11,13,16H,2-4,7-9,19H2,1H3. The number of hydrogen-bond donors (Lipinski definition) is 1. The van der Waals surface area contributed by atoms with Gasteiger partial charge < -0.3 is 5.73 Å². The van der Waals surface area contributed by atoms with E-state index in [9.17, 15) is 4.39 Å². The van der Waals surface area contributed by atoms with Crippen LogP contribution in [0.1, 0.15) is 44.6 Å². The topological polar surface area (TPSA) is 26.0 Å². The normalized spacial score (nSPS) is 27.5. The SMILES string of the molecule is CCCC1CCC(N)C(Cc2ccc(F)cc2Br)C1. The first-order valence-corrected chi connectivity index (χ1v) is 8.09. The molecule has 2 N–H and O–H groups in total. The quantitative estimate of drug-likeness (QED) is 0.854. The number of hydrogen-bond acceptors (Lipinski definition) is 1. The molecule has 1 fully saturated rings. The lowest BCUT2D eigenvalue weighted by atomic mass is 9.74. The van der Waals surface area contributed by atoms with E-state index in [1.807, 2.05) is 6.07 Å². The van der Waals surface area contributed by atoms with Crippen molar-refractivity contribution in [1.82, 2.24) is 0 Å². The molecule has 0 amide bonds. The van der Waals surface area contributed by atoms with E-state index in [-0.39, 0.29) is 5.82 Å². The van der Waals surface area contributed by atoms with Crippen LogP contribution in [0.3, 0.4) is 0 Å². The Morgan fingerprint density at radius 1 is 1.37 bits per heavy atom. The molecule has 1 aliphatic rings. The maximum absolute atomic E-state index is 13.1. The molecule has 1 aromatic rings. The fraction of sp³-hybridized carbons (Fsp3) is 0.625. The molecular weight excluding hydrogens is 305 g/mol. The molecule has 0 saturated heterocycles. The smallest absolute Gasteiger partial charge is 0.124 e. The minimum Gasteiger partial charge on any atom is -0.327 e. The molecule has 1 nitrogen and oxygen atoms in total. The first-order valence-electron chi connectivity index (χ1n) is 7.29. The van der Waals surface area contributed by atoms with Crippen molar-refractivity contribution < 1.29 is 4.39 Å². The van der Waals surface area contributed by atoms with Gasteiger partial charge in [-0.05, 0) is 55.2 Å². The molecule has 0 aliphatic heterocycles. The fourth-order valence-electron chi connectivity index (χ4n) is 3.26. The van der Waals surface area contributed by atoms with Gasteiger partial charge in [-0.3, -0.25) is 0 Å². The molecule has 2 rings (SSSR count). The zero-order valence-electron chi connectivity index (χ0n) is 11.5. The summed E-state index contributed by atoms with van der Waals surface area (Å²) in [6, 6.07) is 5.27. The number of benzene rings is 1. The Morgan fingerprint density at radius 2 is 2.16 bits per heavy atom. The first kappa shape index (κ1) is 15.0. The van der Waals surface area contributed by atoms with E-state index in [2.05, 4.69) is 22.9 Å². The third-order valence-corrected chi connectivity index (χ3v) is 5.08. The third kappa shape index (κ3) is 4.03. The maximum atomic E-state index is 13.1. The monoisotopic (exact) mass is 327 g/mol. The first-order chi connectivity index (χ1) is 9.10. The van der Waals surface area contributed by atoms with Gasteiger partial charge in [0, 0.05) is 10.5 Å². The second-order valence-electron chi connectivity index (χ2n) is 5.83. The summed E-state index contributed by atoms with van der Waals surface area (Å²) in [5.41, 5.74) is 7.46. The van der Waals surface area contributed by atoms with Crippen molar-refractivity contribution in [2.24, 2.45) is 17.6 Å². The summed E-state index contributed by atoms with van der Waals surface area (Å²) in [6.45, 7) is 2.25. The van der Waals surface area contributed by atoms with Crippen LogP contribution in [0.4, 0.5) is 4.39 Å². The molecule has 0 heterocycles. The van der Waals surface area contributed by atoms with Crippen molar-refractivity contribution in [2.45, 2.75) is 51.5 Å². The summed E-state index contributed by atoms with van der Waals surface area (Å²) in [5, 5.41) is 0. The Bertz CT molecular complexity index is 421. The van der Waals surface area contributed by atoms with Gasteiger partial charge in [0.25, 0.3) is 0 Å². The maximum Gasteiger partial charge on any atom is 0.124 e. The van der Waals surface area contributed by atoms with E-state index in [4.69, 9.17) is 5.73 Å². The van der Waals surface area contributed by atoms with Crippen LogP contribution in [0.15, 0.2) is 22.7 Å². The van der Waals surface area contributed by atoms with Crippen LogP contribution in [0.25, 0.3) is 0 Å². The van der Waals surface area contributed by atoms with Gasteiger partial charge in [0.15, 0.2) is 0 Å². The zero-order valence-corrected chi connectivity index (χ0v) is 13.1. The third-order valence-electron chi connectivity index (χ3n) is 4.34. The molecule has 0 aromatic heterocycles. The van der Waals surface area contributed by atoms with E-state index < -0.39 is 0 Å². The number of rotatable bonds is 4. The van der Waals surface area contributed by atoms with Crippen molar-refractivity contribution in [1.29, 1.82) is 0 Å². The molecule has 19 heavy (non-hydrogen) atoms. The second kappa shape index (κ2) is 6.85.